The molecular weight excluding hydrogens is 244 g/mol. The summed E-state index contributed by atoms with van der Waals surface area (Å²) in [5, 5.41) is 12.3. The average Bonchev–Trinajstić information content (AvgIpc) is 2.76. The second kappa shape index (κ2) is 5.47. The molecule has 1 N–H and O–H groups in total. The number of carbonyl (C=O) groups is 1. The molecule has 1 fully saturated rings. The molecule has 1 atom stereocenters. The van der Waals surface area contributed by atoms with Gasteiger partial charge in [-0.05, 0) is 26.3 Å². The van der Waals surface area contributed by atoms with Gasteiger partial charge in [-0.2, -0.15) is 0 Å². The Labute approximate surface area is 112 Å². The van der Waals surface area contributed by atoms with E-state index in [0.717, 1.165) is 17.9 Å². The Morgan fingerprint density at radius 1 is 1.58 bits per heavy atom. The minimum absolute atomic E-state index is 0.00443. The topological polar surface area (TPSA) is 66.0 Å². The van der Waals surface area contributed by atoms with Gasteiger partial charge in [0.1, 0.15) is 11.5 Å². The molecule has 1 aliphatic heterocycles. The minimum Gasteiger partial charge on any atom is -0.466 e. The van der Waals surface area contributed by atoms with Gasteiger partial charge < -0.3 is 14.5 Å². The Bertz CT molecular complexity index is 505. The van der Waals surface area contributed by atoms with Gasteiger partial charge in [-0.25, -0.2) is 0 Å². The summed E-state index contributed by atoms with van der Waals surface area (Å²) in [4.78, 5) is 14.3. The maximum atomic E-state index is 12.5. The van der Waals surface area contributed by atoms with Crippen LogP contribution in [0, 0.1) is 19.8 Å². The number of hydrogen-bond donors (Lipinski definition) is 1. The van der Waals surface area contributed by atoms with E-state index < -0.39 is 0 Å². The van der Waals surface area contributed by atoms with Crippen molar-refractivity contribution in [2.75, 3.05) is 13.1 Å². The lowest BCUT2D eigenvalue weighted by Crippen LogP contribution is -2.44. The largest absolute Gasteiger partial charge is 0.466 e. The van der Waals surface area contributed by atoms with Gasteiger partial charge in [-0.15, -0.1) is 0 Å². The molecular formula is C14H20N2O3. The smallest absolute Gasteiger partial charge is 0.257 e. The summed E-state index contributed by atoms with van der Waals surface area (Å²) >= 11 is 0. The van der Waals surface area contributed by atoms with E-state index >= 15 is 0 Å². The standard InChI is InChI=1S/C14H20N2O3/c1-4-11-8-16(6-5-13(11)15-18)14(17)12-7-9(2)19-10(12)3/h7,11,18H,4-6,8H2,1-3H3/b15-13+. The summed E-state index contributed by atoms with van der Waals surface area (Å²) in [6.45, 7) is 6.89. The number of furan rings is 1. The fourth-order valence-electron chi connectivity index (χ4n) is 2.61. The van der Waals surface area contributed by atoms with Crippen molar-refractivity contribution in [3.63, 3.8) is 0 Å². The molecule has 1 amide bonds. The van der Waals surface area contributed by atoms with E-state index in [1.807, 2.05) is 25.7 Å². The first-order valence-corrected chi connectivity index (χ1v) is 6.64. The highest BCUT2D eigenvalue weighted by atomic mass is 16.4. The molecule has 0 aromatic carbocycles. The van der Waals surface area contributed by atoms with E-state index in [1.165, 1.54) is 0 Å². The summed E-state index contributed by atoms with van der Waals surface area (Å²) in [6, 6.07) is 1.79. The molecule has 19 heavy (non-hydrogen) atoms. The Morgan fingerprint density at radius 2 is 2.32 bits per heavy atom. The van der Waals surface area contributed by atoms with Crippen LogP contribution in [0.1, 0.15) is 41.6 Å². The van der Waals surface area contributed by atoms with E-state index in [4.69, 9.17) is 9.62 Å². The number of likely N-dealkylation sites (tertiary alicyclic amines) is 1. The van der Waals surface area contributed by atoms with Crippen LogP contribution in [0.5, 0.6) is 0 Å². The summed E-state index contributed by atoms with van der Waals surface area (Å²) in [6.07, 6.45) is 1.50. The second-order valence-electron chi connectivity index (χ2n) is 5.02. The van der Waals surface area contributed by atoms with Crippen molar-refractivity contribution in [1.29, 1.82) is 0 Å². The van der Waals surface area contributed by atoms with E-state index in [2.05, 4.69) is 5.16 Å². The van der Waals surface area contributed by atoms with Crippen molar-refractivity contribution in [3.05, 3.63) is 23.2 Å². The molecule has 5 heteroatoms. The number of hydrogen-bond acceptors (Lipinski definition) is 4. The number of nitrogens with zero attached hydrogens (tertiary/aromatic N) is 2. The highest BCUT2D eigenvalue weighted by molar-refractivity contribution is 5.97. The molecule has 1 aromatic rings. The molecule has 2 heterocycles. The van der Waals surface area contributed by atoms with Crippen molar-refractivity contribution in [3.8, 4) is 0 Å². The maximum absolute atomic E-state index is 12.5. The van der Waals surface area contributed by atoms with Crippen LogP contribution in [0.25, 0.3) is 0 Å². The van der Waals surface area contributed by atoms with Crippen LogP contribution in [-0.4, -0.2) is 34.8 Å². The fourth-order valence-corrected chi connectivity index (χ4v) is 2.61. The third kappa shape index (κ3) is 2.64. The number of rotatable bonds is 2. The zero-order valence-electron chi connectivity index (χ0n) is 11.6. The van der Waals surface area contributed by atoms with E-state index in [-0.39, 0.29) is 11.8 Å². The Balaban J connectivity index is 2.15. The van der Waals surface area contributed by atoms with Gasteiger partial charge in [0, 0.05) is 25.4 Å². The highest BCUT2D eigenvalue weighted by Gasteiger charge is 2.29. The quantitative estimate of drug-likeness (QED) is 0.659. The molecule has 1 aliphatic rings. The first kappa shape index (κ1) is 13.6. The average molecular weight is 264 g/mol. The van der Waals surface area contributed by atoms with Crippen molar-refractivity contribution in [2.45, 2.75) is 33.6 Å². The van der Waals surface area contributed by atoms with E-state index in [1.54, 1.807) is 6.07 Å². The van der Waals surface area contributed by atoms with E-state index in [9.17, 15) is 4.79 Å². The molecule has 2 rings (SSSR count). The Morgan fingerprint density at radius 3 is 2.84 bits per heavy atom. The third-order valence-electron chi connectivity index (χ3n) is 3.73. The van der Waals surface area contributed by atoms with Crippen LogP contribution in [0.2, 0.25) is 0 Å². The van der Waals surface area contributed by atoms with Gasteiger partial charge in [0.05, 0.1) is 11.3 Å². The lowest BCUT2D eigenvalue weighted by atomic mass is 9.93. The molecule has 104 valence electrons. The summed E-state index contributed by atoms with van der Waals surface area (Å²) in [7, 11) is 0. The van der Waals surface area contributed by atoms with Crippen molar-refractivity contribution >= 4 is 11.6 Å². The van der Waals surface area contributed by atoms with Crippen molar-refractivity contribution < 1.29 is 14.4 Å². The molecule has 0 bridgehead atoms. The predicted octanol–water partition coefficient (Wildman–Crippen LogP) is 2.60. The van der Waals surface area contributed by atoms with Gasteiger partial charge in [-0.3, -0.25) is 4.79 Å². The third-order valence-corrected chi connectivity index (χ3v) is 3.73. The van der Waals surface area contributed by atoms with Gasteiger partial charge in [-0.1, -0.05) is 12.1 Å². The monoisotopic (exact) mass is 264 g/mol. The number of piperidine rings is 1. The molecule has 0 saturated carbocycles. The Hall–Kier alpha value is -1.78. The SMILES string of the molecule is CCC1CN(C(=O)c2cc(C)oc2C)CC/C1=N\O. The lowest BCUT2D eigenvalue weighted by molar-refractivity contribution is 0.0727. The normalized spacial score (nSPS) is 21.9. The molecule has 5 nitrogen and oxygen atoms in total. The van der Waals surface area contributed by atoms with Gasteiger partial charge in [0.2, 0.25) is 0 Å². The van der Waals surface area contributed by atoms with Gasteiger partial charge >= 0.3 is 0 Å². The molecule has 1 aromatic heterocycles. The molecule has 0 aliphatic carbocycles. The lowest BCUT2D eigenvalue weighted by Gasteiger charge is -2.32. The zero-order valence-corrected chi connectivity index (χ0v) is 11.6. The van der Waals surface area contributed by atoms with Crippen LogP contribution >= 0.6 is 0 Å². The summed E-state index contributed by atoms with van der Waals surface area (Å²) in [5.41, 5.74) is 1.43. The maximum Gasteiger partial charge on any atom is 0.257 e. The van der Waals surface area contributed by atoms with Crippen LogP contribution in [-0.2, 0) is 0 Å². The predicted molar refractivity (Wildman–Crippen MR) is 71.7 cm³/mol. The molecule has 1 unspecified atom stereocenters. The highest BCUT2D eigenvalue weighted by Crippen LogP contribution is 2.22. The summed E-state index contributed by atoms with van der Waals surface area (Å²) in [5.74, 6) is 1.57. The Kier molecular flexibility index (Phi) is 3.93. The first-order chi connectivity index (χ1) is 9.06. The van der Waals surface area contributed by atoms with Crippen molar-refractivity contribution in [2.24, 2.45) is 11.1 Å². The van der Waals surface area contributed by atoms with Crippen LogP contribution in [0.15, 0.2) is 15.6 Å². The zero-order chi connectivity index (χ0) is 14.0. The number of oxime groups is 1. The van der Waals surface area contributed by atoms with Gasteiger partial charge in [0.25, 0.3) is 5.91 Å². The first-order valence-electron chi connectivity index (χ1n) is 6.64. The van der Waals surface area contributed by atoms with Crippen LogP contribution in [0.3, 0.4) is 0 Å². The van der Waals surface area contributed by atoms with E-state index in [0.29, 0.717) is 30.8 Å². The molecule has 1 saturated heterocycles. The van der Waals surface area contributed by atoms with Crippen LogP contribution in [0.4, 0.5) is 0 Å². The number of amides is 1. The van der Waals surface area contributed by atoms with Crippen LogP contribution < -0.4 is 0 Å². The van der Waals surface area contributed by atoms with Gasteiger partial charge in [0.15, 0.2) is 0 Å². The second-order valence-corrected chi connectivity index (χ2v) is 5.02. The number of carbonyl (C=O) groups excluding carboxylic acids is 1. The summed E-state index contributed by atoms with van der Waals surface area (Å²) < 4.78 is 5.41. The fraction of sp³-hybridized carbons (Fsp3) is 0.571. The number of aryl methyl sites for hydroxylation is 2. The van der Waals surface area contributed by atoms with Crippen molar-refractivity contribution in [1.82, 2.24) is 4.90 Å². The molecule has 0 radical (unpaired) electrons. The minimum atomic E-state index is 0.00443. The molecule has 0 spiro atoms.